The number of rotatable bonds is 4. The van der Waals surface area contributed by atoms with E-state index in [2.05, 4.69) is 35.6 Å². The van der Waals surface area contributed by atoms with Crippen LogP contribution in [-0.4, -0.2) is 15.7 Å². The molecule has 0 spiro atoms. The summed E-state index contributed by atoms with van der Waals surface area (Å²) >= 11 is 3.23. The first-order valence-corrected chi connectivity index (χ1v) is 14.1. The summed E-state index contributed by atoms with van der Waals surface area (Å²) in [5.74, 6) is 2.16. The average Bonchev–Trinajstić information content (AvgIpc) is 3.58. The zero-order valence-corrected chi connectivity index (χ0v) is 20.9. The lowest BCUT2D eigenvalue weighted by Gasteiger charge is -2.40. The first kappa shape index (κ1) is 21.5. The number of hydrogen-bond acceptors (Lipinski definition) is 4. The van der Waals surface area contributed by atoms with Crippen molar-refractivity contribution in [1.82, 2.24) is 4.57 Å². The summed E-state index contributed by atoms with van der Waals surface area (Å²) in [4.78, 5) is 27.6. The van der Waals surface area contributed by atoms with Crippen molar-refractivity contribution in [3.05, 3.63) is 92.9 Å². The zero-order chi connectivity index (χ0) is 23.5. The van der Waals surface area contributed by atoms with E-state index < -0.39 is 0 Å². The maximum absolute atomic E-state index is 13.3. The van der Waals surface area contributed by atoms with Crippen molar-refractivity contribution in [1.29, 1.82) is 0 Å². The molecule has 2 heterocycles. The second kappa shape index (κ2) is 8.38. The first-order chi connectivity index (χ1) is 17.2. The molecule has 2 bridgehead atoms. The number of thioether (sulfide) groups is 1. The van der Waals surface area contributed by atoms with Crippen LogP contribution in [0.2, 0.25) is 0 Å². The van der Waals surface area contributed by atoms with Crippen molar-refractivity contribution in [3.63, 3.8) is 0 Å². The van der Waals surface area contributed by atoms with Crippen molar-refractivity contribution in [3.8, 4) is 0 Å². The number of carbonyl (C=O) groups excluding carboxylic acids is 1. The normalized spacial score (nSPS) is 26.5. The second-order valence-corrected chi connectivity index (χ2v) is 12.2. The van der Waals surface area contributed by atoms with Crippen molar-refractivity contribution in [2.75, 3.05) is 5.32 Å². The van der Waals surface area contributed by atoms with E-state index in [0.717, 1.165) is 38.2 Å². The lowest BCUT2D eigenvalue weighted by molar-refractivity contribution is -0.116. The fourth-order valence-electron chi connectivity index (χ4n) is 6.79. The van der Waals surface area contributed by atoms with Gasteiger partial charge in [0.1, 0.15) is 6.54 Å². The molecular formula is C29H26N2O2S2. The van der Waals surface area contributed by atoms with Gasteiger partial charge < -0.3 is 5.32 Å². The molecule has 0 saturated heterocycles. The summed E-state index contributed by atoms with van der Waals surface area (Å²) in [5, 5.41) is 6.72. The van der Waals surface area contributed by atoms with Gasteiger partial charge in [-0.3, -0.25) is 14.2 Å². The van der Waals surface area contributed by atoms with Crippen molar-refractivity contribution < 1.29 is 4.79 Å². The van der Waals surface area contributed by atoms with Crippen molar-refractivity contribution >= 4 is 45.5 Å². The summed E-state index contributed by atoms with van der Waals surface area (Å²) in [5.41, 5.74) is 2.10. The van der Waals surface area contributed by atoms with Gasteiger partial charge in [-0.1, -0.05) is 78.1 Å². The summed E-state index contributed by atoms with van der Waals surface area (Å²) in [7, 11) is 0. The topological polar surface area (TPSA) is 51.1 Å². The highest BCUT2D eigenvalue weighted by Crippen LogP contribution is 2.63. The van der Waals surface area contributed by atoms with E-state index in [0.29, 0.717) is 11.2 Å². The van der Waals surface area contributed by atoms with Gasteiger partial charge in [0.25, 0.3) is 0 Å². The Morgan fingerprint density at radius 3 is 2.60 bits per heavy atom. The highest BCUT2D eigenvalue weighted by molar-refractivity contribution is 8.00. The number of anilines is 1. The molecule has 6 heteroatoms. The molecule has 0 radical (unpaired) electrons. The number of fused-ring (bicyclic) bond motifs is 7. The van der Waals surface area contributed by atoms with Crippen LogP contribution in [0.25, 0.3) is 10.8 Å². The van der Waals surface area contributed by atoms with E-state index in [-0.39, 0.29) is 23.2 Å². The van der Waals surface area contributed by atoms with Crippen LogP contribution in [0.1, 0.15) is 35.6 Å². The SMILES string of the molecule is O=C(Cn1c2c(sc1=O)[C@@H](c1ccccc1)[C@@H]1[C@H]3CC[C@@H](C3)[C@H]1S2)Nc1cccc2ccccc12. The van der Waals surface area contributed by atoms with E-state index in [1.807, 2.05) is 54.2 Å². The number of carbonyl (C=O) groups is 1. The minimum atomic E-state index is -0.156. The Kier molecular flexibility index (Phi) is 5.14. The predicted octanol–water partition coefficient (Wildman–Crippen LogP) is 6.35. The minimum Gasteiger partial charge on any atom is -0.324 e. The van der Waals surface area contributed by atoms with Crippen LogP contribution in [0.5, 0.6) is 0 Å². The molecule has 35 heavy (non-hydrogen) atoms. The van der Waals surface area contributed by atoms with Crippen molar-refractivity contribution in [2.24, 2.45) is 17.8 Å². The van der Waals surface area contributed by atoms with Crippen LogP contribution in [0, 0.1) is 17.8 Å². The second-order valence-electron chi connectivity index (χ2n) is 10.1. The highest BCUT2D eigenvalue weighted by Gasteiger charge is 2.55. The molecule has 1 aliphatic heterocycles. The molecule has 2 aliphatic carbocycles. The van der Waals surface area contributed by atoms with Gasteiger partial charge in [-0.25, -0.2) is 0 Å². The van der Waals surface area contributed by atoms with Crippen LogP contribution in [0.3, 0.4) is 0 Å². The Bertz CT molecular complexity index is 1490. The number of aromatic nitrogens is 1. The maximum Gasteiger partial charge on any atom is 0.308 e. The standard InChI is InChI=1S/C29H26N2O2S2/c32-23(30-22-12-6-10-17-7-4-5-11-21(17)22)16-31-28-27(35-29(31)33)24(18-8-2-1-3-9-18)25-19-13-14-20(15-19)26(25)34-28/h1-12,19-20,24-26H,13-16H2,(H,30,32)/t19-,20-,24-,25-,26+/m0/s1. The van der Waals surface area contributed by atoms with E-state index in [9.17, 15) is 9.59 Å². The Balaban J connectivity index is 1.24. The number of thiazole rings is 1. The highest BCUT2D eigenvalue weighted by atomic mass is 32.2. The van der Waals surface area contributed by atoms with Gasteiger partial charge in [-0.2, -0.15) is 0 Å². The molecule has 3 aromatic carbocycles. The first-order valence-electron chi connectivity index (χ1n) is 12.4. The van der Waals surface area contributed by atoms with E-state index in [1.54, 1.807) is 4.57 Å². The largest absolute Gasteiger partial charge is 0.324 e. The van der Waals surface area contributed by atoms with Crippen LogP contribution >= 0.6 is 23.1 Å². The summed E-state index contributed by atoms with van der Waals surface area (Å²) in [6.45, 7) is 0.0495. The fraction of sp³-hybridized carbons (Fsp3) is 0.310. The lowest BCUT2D eigenvalue weighted by atomic mass is 9.75. The Hall–Kier alpha value is -2.83. The van der Waals surface area contributed by atoms with Gasteiger partial charge >= 0.3 is 4.87 Å². The van der Waals surface area contributed by atoms with Gasteiger partial charge in [0.15, 0.2) is 0 Å². The van der Waals surface area contributed by atoms with Gasteiger partial charge in [-0.15, -0.1) is 11.8 Å². The van der Waals surface area contributed by atoms with Gasteiger partial charge in [0, 0.05) is 27.1 Å². The Morgan fingerprint density at radius 1 is 0.943 bits per heavy atom. The molecule has 1 N–H and O–H groups in total. The molecule has 3 aliphatic rings. The summed E-state index contributed by atoms with van der Waals surface area (Å²) in [6, 6.07) is 24.6. The number of amides is 1. The molecule has 5 atom stereocenters. The van der Waals surface area contributed by atoms with Gasteiger partial charge in [0.2, 0.25) is 5.91 Å². The lowest BCUT2D eigenvalue weighted by Crippen LogP contribution is -2.34. The molecule has 2 fully saturated rings. The van der Waals surface area contributed by atoms with Crippen molar-refractivity contribution in [2.45, 2.75) is 42.0 Å². The molecule has 2 saturated carbocycles. The monoisotopic (exact) mass is 498 g/mol. The minimum absolute atomic E-state index is 0.0242. The molecular weight excluding hydrogens is 472 g/mol. The Labute approximate surface area is 212 Å². The predicted molar refractivity (Wildman–Crippen MR) is 143 cm³/mol. The van der Waals surface area contributed by atoms with Crippen LogP contribution < -0.4 is 10.2 Å². The molecule has 1 amide bonds. The summed E-state index contributed by atoms with van der Waals surface area (Å²) < 4.78 is 1.74. The van der Waals surface area contributed by atoms with E-state index in [4.69, 9.17) is 0 Å². The summed E-state index contributed by atoms with van der Waals surface area (Å²) in [6.07, 6.45) is 3.92. The quantitative estimate of drug-likeness (QED) is 0.356. The number of nitrogens with zero attached hydrogens (tertiary/aromatic N) is 1. The molecule has 7 rings (SSSR count). The number of nitrogens with one attached hydrogen (secondary N) is 1. The smallest absolute Gasteiger partial charge is 0.308 e. The molecule has 1 aromatic heterocycles. The molecule has 4 aromatic rings. The third-order valence-corrected chi connectivity index (χ3v) is 11.0. The molecule has 4 nitrogen and oxygen atoms in total. The van der Waals surface area contributed by atoms with E-state index in [1.165, 1.54) is 36.2 Å². The van der Waals surface area contributed by atoms with Gasteiger partial charge in [-0.05, 0) is 54.0 Å². The average molecular weight is 499 g/mol. The maximum atomic E-state index is 13.3. The fourth-order valence-corrected chi connectivity index (χ4v) is 9.94. The van der Waals surface area contributed by atoms with E-state index >= 15 is 0 Å². The Morgan fingerprint density at radius 2 is 1.71 bits per heavy atom. The third-order valence-electron chi connectivity index (χ3n) is 8.21. The number of benzene rings is 3. The number of hydrogen-bond donors (Lipinski definition) is 1. The zero-order valence-electron chi connectivity index (χ0n) is 19.2. The molecule has 176 valence electrons. The van der Waals surface area contributed by atoms with Crippen LogP contribution in [0.15, 0.2) is 82.6 Å². The molecule has 0 unspecified atom stereocenters. The third kappa shape index (κ3) is 3.49. The van der Waals surface area contributed by atoms with Crippen LogP contribution in [0.4, 0.5) is 5.69 Å². The van der Waals surface area contributed by atoms with Gasteiger partial charge in [0.05, 0.1) is 5.03 Å². The van der Waals surface area contributed by atoms with Crippen LogP contribution in [-0.2, 0) is 11.3 Å².